The van der Waals surface area contributed by atoms with E-state index >= 15 is 0 Å². The smallest absolute Gasteiger partial charge is 0.306 e. The van der Waals surface area contributed by atoms with Gasteiger partial charge in [-0.2, -0.15) is 0 Å². The first-order valence-corrected chi connectivity index (χ1v) is 46.1. The molecule has 0 aliphatic rings. The monoisotopic (exact) mass is 1410 g/mol. The van der Waals surface area contributed by atoms with Crippen molar-refractivity contribution in [2.45, 2.75) is 554 Å². The highest BCUT2D eigenvalue weighted by Gasteiger charge is 2.32. The third-order valence-corrected chi connectivity index (χ3v) is 21.7. The lowest BCUT2D eigenvalue weighted by Crippen LogP contribution is -2.42. The van der Waals surface area contributed by atoms with Gasteiger partial charge in [-0.3, -0.25) is 19.2 Å². The van der Waals surface area contributed by atoms with E-state index in [-0.39, 0.29) is 50.8 Å². The van der Waals surface area contributed by atoms with Gasteiger partial charge in [-0.25, -0.2) is 0 Å². The molecule has 0 aromatic heterocycles. The lowest BCUT2D eigenvalue weighted by atomic mass is 10.0. The van der Waals surface area contributed by atoms with Crippen LogP contribution in [0.15, 0.2) is 0 Å². The van der Waals surface area contributed by atoms with Crippen molar-refractivity contribution >= 4 is 23.9 Å². The Morgan fingerprint density at radius 3 is 0.400 bits per heavy atom. The lowest BCUT2D eigenvalue weighted by molar-refractivity contribution is -0.183. The second-order valence-corrected chi connectivity index (χ2v) is 31.9. The summed E-state index contributed by atoms with van der Waals surface area (Å²) in [5.74, 6) is -1.47. The van der Waals surface area contributed by atoms with Crippen LogP contribution < -0.4 is 0 Å². The van der Waals surface area contributed by atoms with E-state index in [0.717, 1.165) is 64.2 Å². The van der Waals surface area contributed by atoms with E-state index < -0.39 is 24.1 Å². The van der Waals surface area contributed by atoms with Crippen LogP contribution in [0.4, 0.5) is 0 Å². The zero-order valence-corrected chi connectivity index (χ0v) is 68.4. The predicted molar refractivity (Wildman–Crippen MR) is 434 cm³/mol. The highest BCUT2D eigenvalue weighted by atomic mass is 16.6. The predicted octanol–water partition coefficient (Wildman–Crippen LogP) is 31.2. The van der Waals surface area contributed by atoms with Gasteiger partial charge in [0.15, 0.2) is 12.2 Å². The van der Waals surface area contributed by atoms with Crippen LogP contribution in [0.3, 0.4) is 0 Å². The number of hydrogen-bond acceptors (Lipinski definition) is 8. The van der Waals surface area contributed by atoms with Crippen molar-refractivity contribution in [1.82, 2.24) is 0 Å². The summed E-state index contributed by atoms with van der Waals surface area (Å²) in [4.78, 5) is 54.2. The normalized spacial score (nSPS) is 12.2. The van der Waals surface area contributed by atoms with E-state index in [9.17, 15) is 19.2 Å². The molecule has 0 aliphatic heterocycles. The number of esters is 4. The first-order valence-electron chi connectivity index (χ1n) is 46.1. The molecule has 0 saturated heterocycles. The van der Waals surface area contributed by atoms with Gasteiger partial charge < -0.3 is 18.9 Å². The van der Waals surface area contributed by atoms with Gasteiger partial charge in [0.25, 0.3) is 0 Å². The molecule has 0 aromatic carbocycles. The molecule has 0 radical (unpaired) electrons. The van der Waals surface area contributed by atoms with E-state index in [1.165, 1.54) is 411 Å². The van der Waals surface area contributed by atoms with Crippen LogP contribution in [0.5, 0.6) is 0 Å². The van der Waals surface area contributed by atoms with Crippen molar-refractivity contribution in [2.75, 3.05) is 13.2 Å². The summed E-state index contributed by atoms with van der Waals surface area (Å²) in [5.41, 5.74) is 0. The first-order chi connectivity index (χ1) is 49.4. The molecule has 0 saturated carbocycles. The SMILES string of the molecule is CCCCCCCCCCCCCCCCCCCCCC(=O)OC[C@H](OC(=O)CCCCCCCCCCCCCCCCCCCCC)[C@@H](COC(=O)CCCCCCCCCCCCCCCCCCCCC)OC(=O)CCCCCCCCCCCCCCCCCCCCC. The molecule has 8 nitrogen and oxygen atoms in total. The van der Waals surface area contributed by atoms with E-state index in [1.54, 1.807) is 0 Å². The van der Waals surface area contributed by atoms with E-state index in [1.807, 2.05) is 0 Å². The van der Waals surface area contributed by atoms with Gasteiger partial charge in [0.2, 0.25) is 0 Å². The van der Waals surface area contributed by atoms with Gasteiger partial charge in [-0.05, 0) is 25.7 Å². The molecule has 0 aromatic rings. The summed E-state index contributed by atoms with van der Waals surface area (Å²) in [6, 6.07) is 0. The fraction of sp³-hybridized carbons (Fsp3) is 0.957. The van der Waals surface area contributed by atoms with Gasteiger partial charge in [-0.15, -0.1) is 0 Å². The van der Waals surface area contributed by atoms with E-state index in [4.69, 9.17) is 18.9 Å². The minimum absolute atomic E-state index is 0.238. The number of carbonyl (C=O) groups excluding carboxylic acids is 4. The van der Waals surface area contributed by atoms with Crippen molar-refractivity contribution < 1.29 is 38.1 Å². The highest BCUT2D eigenvalue weighted by Crippen LogP contribution is 2.22. The van der Waals surface area contributed by atoms with Crippen molar-refractivity contribution in [1.29, 1.82) is 0 Å². The Balaban J connectivity index is 5.34. The molecule has 2 atom stereocenters. The van der Waals surface area contributed by atoms with Crippen molar-refractivity contribution in [3.05, 3.63) is 0 Å². The molecule has 8 heteroatoms. The van der Waals surface area contributed by atoms with Gasteiger partial charge in [0, 0.05) is 25.7 Å². The van der Waals surface area contributed by atoms with Crippen molar-refractivity contribution in [2.24, 2.45) is 0 Å². The molecule has 0 amide bonds. The summed E-state index contributed by atoms with van der Waals surface area (Å²) < 4.78 is 24.0. The van der Waals surface area contributed by atoms with Crippen LogP contribution in [0.2, 0.25) is 0 Å². The first kappa shape index (κ1) is 97.9. The molecule has 0 N–H and O–H groups in total. The summed E-state index contributed by atoms with van der Waals surface area (Å²) in [6.45, 7) is 8.68. The molecule has 0 fully saturated rings. The van der Waals surface area contributed by atoms with Gasteiger partial charge in [0.05, 0.1) is 0 Å². The molecule has 0 heterocycles. The molecule has 594 valence electrons. The van der Waals surface area contributed by atoms with Crippen LogP contribution in [-0.4, -0.2) is 49.3 Å². The molecule has 0 bridgehead atoms. The Labute approximate surface area is 625 Å². The number of unbranched alkanes of at least 4 members (excludes halogenated alkanes) is 72. The summed E-state index contributed by atoms with van der Waals surface area (Å²) in [5, 5.41) is 0. The fourth-order valence-electron chi connectivity index (χ4n) is 14.8. The average molecular weight is 1410 g/mol. The fourth-order valence-corrected chi connectivity index (χ4v) is 14.8. The summed E-state index contributed by atoms with van der Waals surface area (Å²) in [6.07, 6.45) is 96.9. The number of rotatable bonds is 87. The Hall–Kier alpha value is -2.12. The van der Waals surface area contributed by atoms with E-state index in [0.29, 0.717) is 12.8 Å². The molecule has 0 unspecified atom stereocenters. The average Bonchev–Trinajstić information content (AvgIpc) is 1.01. The molecule has 0 rings (SSSR count). The van der Waals surface area contributed by atoms with Crippen LogP contribution >= 0.6 is 0 Å². The molecule has 0 aliphatic carbocycles. The number of carbonyl (C=O) groups is 4. The summed E-state index contributed by atoms with van der Waals surface area (Å²) >= 11 is 0. The zero-order chi connectivity index (χ0) is 72.3. The third-order valence-electron chi connectivity index (χ3n) is 21.7. The Kier molecular flexibility index (Phi) is 84.0. The molecule has 0 spiro atoms. The van der Waals surface area contributed by atoms with Crippen LogP contribution in [0.1, 0.15) is 541 Å². The third kappa shape index (κ3) is 80.0. The topological polar surface area (TPSA) is 105 Å². The maximum Gasteiger partial charge on any atom is 0.306 e. The highest BCUT2D eigenvalue weighted by molar-refractivity contribution is 5.72. The van der Waals surface area contributed by atoms with E-state index in [2.05, 4.69) is 27.7 Å². The maximum atomic E-state index is 13.7. The van der Waals surface area contributed by atoms with Crippen molar-refractivity contribution in [3.8, 4) is 0 Å². The van der Waals surface area contributed by atoms with Crippen LogP contribution in [0, 0.1) is 0 Å². The summed E-state index contributed by atoms with van der Waals surface area (Å²) in [7, 11) is 0. The minimum atomic E-state index is -1.07. The molecule has 100 heavy (non-hydrogen) atoms. The maximum absolute atomic E-state index is 13.7. The Morgan fingerprint density at radius 2 is 0.270 bits per heavy atom. The van der Waals surface area contributed by atoms with Crippen molar-refractivity contribution in [3.63, 3.8) is 0 Å². The standard InChI is InChI=1S/C92H178O8/c1-5-9-13-17-21-25-29-33-37-41-45-49-53-57-61-65-69-73-77-81-89(93)97-85-87(99-91(95)83-79-75-71-67-63-59-55-51-47-43-39-35-31-27-23-19-15-11-7-3)88(100-92(96)84-80-76-72-68-64-60-56-52-48-44-40-36-32-28-24-20-16-12-8-4)86-98-90(94)82-78-74-70-66-62-58-54-50-46-42-38-34-30-26-22-18-14-10-6-2/h87-88H,5-86H2,1-4H3/t87-,88+. The second-order valence-electron chi connectivity index (χ2n) is 31.9. The Bertz CT molecular complexity index is 1500. The lowest BCUT2D eigenvalue weighted by Gasteiger charge is -2.27. The largest absolute Gasteiger partial charge is 0.462 e. The zero-order valence-electron chi connectivity index (χ0n) is 68.4. The second kappa shape index (κ2) is 85.8. The van der Waals surface area contributed by atoms with Gasteiger partial charge in [-0.1, -0.05) is 490 Å². The Morgan fingerprint density at radius 1 is 0.160 bits per heavy atom. The van der Waals surface area contributed by atoms with Crippen LogP contribution in [0.25, 0.3) is 0 Å². The van der Waals surface area contributed by atoms with Gasteiger partial charge in [0.1, 0.15) is 13.2 Å². The van der Waals surface area contributed by atoms with Gasteiger partial charge >= 0.3 is 23.9 Å². The molecular weight excluding hydrogens is 1230 g/mol. The quantitative estimate of drug-likeness (QED) is 0.0337. The molecular formula is C92H178O8. The number of hydrogen-bond donors (Lipinski definition) is 0. The minimum Gasteiger partial charge on any atom is -0.462 e. The van der Waals surface area contributed by atoms with Crippen LogP contribution in [-0.2, 0) is 38.1 Å². The number of ether oxygens (including phenoxy) is 4.